The molecule has 0 saturated heterocycles. The number of carbonyl (C=O) groups is 1. The second kappa shape index (κ2) is 4.84. The Morgan fingerprint density at radius 1 is 1.29 bits per heavy atom. The molecule has 1 aromatic rings. The van der Waals surface area contributed by atoms with Crippen LogP contribution in [0, 0.1) is 19.8 Å². The van der Waals surface area contributed by atoms with Gasteiger partial charge in [-0.1, -0.05) is 18.2 Å². The van der Waals surface area contributed by atoms with Gasteiger partial charge in [0.2, 0.25) is 5.91 Å². The first-order chi connectivity index (χ1) is 8.08. The lowest BCUT2D eigenvalue weighted by atomic mass is 10.1. The van der Waals surface area contributed by atoms with Crippen molar-refractivity contribution in [2.45, 2.75) is 26.7 Å². The second-order valence-electron chi connectivity index (χ2n) is 4.48. The summed E-state index contributed by atoms with van der Waals surface area (Å²) in [5, 5.41) is 6.21. The molecular formula is C13H16N2OS. The van der Waals surface area contributed by atoms with E-state index in [0.29, 0.717) is 5.11 Å². The number of benzene rings is 1. The highest BCUT2D eigenvalue weighted by Gasteiger charge is 2.30. The molecule has 1 aliphatic rings. The van der Waals surface area contributed by atoms with Gasteiger partial charge in [0.05, 0.1) is 0 Å². The van der Waals surface area contributed by atoms with E-state index in [9.17, 15) is 4.79 Å². The SMILES string of the molecule is Cc1cccc(C)c1NC(=S)NC(=O)C1CC1. The van der Waals surface area contributed by atoms with E-state index < -0.39 is 0 Å². The Kier molecular flexibility index (Phi) is 3.43. The number of amides is 1. The Bertz CT molecular complexity index is 446. The van der Waals surface area contributed by atoms with Crippen LogP contribution in [0.3, 0.4) is 0 Å². The van der Waals surface area contributed by atoms with Crippen LogP contribution in [0.4, 0.5) is 5.69 Å². The van der Waals surface area contributed by atoms with Crippen LogP contribution in [0.25, 0.3) is 0 Å². The number of para-hydroxylation sites is 1. The summed E-state index contributed by atoms with van der Waals surface area (Å²) < 4.78 is 0. The molecule has 2 N–H and O–H groups in total. The maximum absolute atomic E-state index is 11.5. The van der Waals surface area contributed by atoms with Crippen LogP contribution in [-0.4, -0.2) is 11.0 Å². The van der Waals surface area contributed by atoms with E-state index in [1.165, 1.54) is 0 Å². The Morgan fingerprint density at radius 2 is 1.88 bits per heavy atom. The van der Waals surface area contributed by atoms with Crippen LogP contribution >= 0.6 is 12.2 Å². The van der Waals surface area contributed by atoms with Crippen LogP contribution in [0.2, 0.25) is 0 Å². The van der Waals surface area contributed by atoms with Gasteiger partial charge in [-0.05, 0) is 50.0 Å². The van der Waals surface area contributed by atoms with Crippen molar-refractivity contribution in [1.29, 1.82) is 0 Å². The number of anilines is 1. The fourth-order valence-electron chi connectivity index (χ4n) is 1.72. The molecule has 0 aliphatic heterocycles. The average molecular weight is 248 g/mol. The normalized spacial score (nSPS) is 14.2. The monoisotopic (exact) mass is 248 g/mol. The summed E-state index contributed by atoms with van der Waals surface area (Å²) in [6.07, 6.45) is 1.97. The minimum absolute atomic E-state index is 0.0359. The van der Waals surface area contributed by atoms with Gasteiger partial charge < -0.3 is 10.6 Å². The van der Waals surface area contributed by atoms with E-state index >= 15 is 0 Å². The molecule has 0 aromatic heterocycles. The first-order valence-corrected chi connectivity index (χ1v) is 6.17. The summed E-state index contributed by atoms with van der Waals surface area (Å²) in [5.74, 6) is 0.210. The lowest BCUT2D eigenvalue weighted by molar-refractivity contribution is -0.120. The molecule has 0 radical (unpaired) electrons. The van der Waals surface area contributed by atoms with Crippen LogP contribution < -0.4 is 10.6 Å². The first kappa shape index (κ1) is 12.0. The highest BCUT2D eigenvalue weighted by Crippen LogP contribution is 2.28. The third-order valence-electron chi connectivity index (χ3n) is 2.90. The predicted octanol–water partition coefficient (Wildman–Crippen LogP) is 2.53. The summed E-state index contributed by atoms with van der Waals surface area (Å²) in [6.45, 7) is 4.03. The molecule has 1 fully saturated rings. The van der Waals surface area contributed by atoms with Crippen molar-refractivity contribution >= 4 is 28.9 Å². The zero-order chi connectivity index (χ0) is 12.4. The van der Waals surface area contributed by atoms with E-state index in [2.05, 4.69) is 10.6 Å². The van der Waals surface area contributed by atoms with Crippen LogP contribution in [0.1, 0.15) is 24.0 Å². The molecule has 0 bridgehead atoms. The molecular weight excluding hydrogens is 232 g/mol. The van der Waals surface area contributed by atoms with E-state index in [1.54, 1.807) is 0 Å². The van der Waals surface area contributed by atoms with Gasteiger partial charge in [0.25, 0.3) is 0 Å². The van der Waals surface area contributed by atoms with Crippen molar-refractivity contribution in [3.63, 3.8) is 0 Å². The predicted molar refractivity (Wildman–Crippen MR) is 73.0 cm³/mol. The largest absolute Gasteiger partial charge is 0.332 e. The molecule has 90 valence electrons. The third kappa shape index (κ3) is 3.03. The smallest absolute Gasteiger partial charge is 0.229 e. The van der Waals surface area contributed by atoms with Gasteiger partial charge in [0.15, 0.2) is 5.11 Å². The van der Waals surface area contributed by atoms with Crippen LogP contribution in [-0.2, 0) is 4.79 Å². The van der Waals surface area contributed by atoms with Crippen molar-refractivity contribution in [1.82, 2.24) is 5.32 Å². The highest BCUT2D eigenvalue weighted by atomic mass is 32.1. The lowest BCUT2D eigenvalue weighted by Gasteiger charge is -2.13. The molecule has 0 spiro atoms. The Morgan fingerprint density at radius 3 is 2.41 bits per heavy atom. The molecule has 0 heterocycles. The van der Waals surface area contributed by atoms with Crippen molar-refractivity contribution in [3.05, 3.63) is 29.3 Å². The Balaban J connectivity index is 2.00. The van der Waals surface area contributed by atoms with Crippen molar-refractivity contribution in [2.75, 3.05) is 5.32 Å². The second-order valence-corrected chi connectivity index (χ2v) is 4.89. The van der Waals surface area contributed by atoms with Crippen molar-refractivity contribution < 1.29 is 4.79 Å². The van der Waals surface area contributed by atoms with Crippen LogP contribution in [0.15, 0.2) is 18.2 Å². The lowest BCUT2D eigenvalue weighted by Crippen LogP contribution is -2.35. The molecule has 1 aromatic carbocycles. The highest BCUT2D eigenvalue weighted by molar-refractivity contribution is 7.80. The molecule has 0 atom stereocenters. The number of carbonyl (C=O) groups excluding carboxylic acids is 1. The number of nitrogens with one attached hydrogen (secondary N) is 2. The van der Waals surface area contributed by atoms with E-state index in [-0.39, 0.29) is 11.8 Å². The molecule has 4 heteroatoms. The molecule has 1 saturated carbocycles. The van der Waals surface area contributed by atoms with E-state index in [4.69, 9.17) is 12.2 Å². The number of hydrogen-bond donors (Lipinski definition) is 2. The molecule has 1 amide bonds. The van der Waals surface area contributed by atoms with Gasteiger partial charge in [-0.15, -0.1) is 0 Å². The zero-order valence-electron chi connectivity index (χ0n) is 10.0. The molecule has 2 rings (SSSR count). The van der Waals surface area contributed by atoms with Gasteiger partial charge in [0, 0.05) is 11.6 Å². The summed E-state index contributed by atoms with van der Waals surface area (Å²) in [6, 6.07) is 6.03. The average Bonchev–Trinajstić information content (AvgIpc) is 3.07. The zero-order valence-corrected chi connectivity index (χ0v) is 10.9. The van der Waals surface area contributed by atoms with Crippen LogP contribution in [0.5, 0.6) is 0 Å². The van der Waals surface area contributed by atoms with Crippen molar-refractivity contribution in [3.8, 4) is 0 Å². The summed E-state index contributed by atoms with van der Waals surface area (Å²) in [7, 11) is 0. The van der Waals surface area contributed by atoms with Gasteiger partial charge in [-0.25, -0.2) is 0 Å². The Hall–Kier alpha value is -1.42. The van der Waals surface area contributed by atoms with Gasteiger partial charge in [-0.2, -0.15) is 0 Å². The first-order valence-electron chi connectivity index (χ1n) is 5.76. The summed E-state index contributed by atoms with van der Waals surface area (Å²) in [4.78, 5) is 11.5. The standard InChI is InChI=1S/C13H16N2OS/c1-8-4-3-5-9(2)11(8)14-13(17)15-12(16)10-6-7-10/h3-5,10H,6-7H2,1-2H3,(H2,14,15,16,17). The van der Waals surface area contributed by atoms with Crippen molar-refractivity contribution in [2.24, 2.45) is 5.92 Å². The maximum atomic E-state index is 11.5. The minimum Gasteiger partial charge on any atom is -0.332 e. The van der Waals surface area contributed by atoms with Gasteiger partial charge in [0.1, 0.15) is 0 Å². The molecule has 3 nitrogen and oxygen atoms in total. The molecule has 0 unspecified atom stereocenters. The number of hydrogen-bond acceptors (Lipinski definition) is 2. The maximum Gasteiger partial charge on any atom is 0.229 e. The summed E-state index contributed by atoms with van der Waals surface area (Å²) >= 11 is 5.14. The van der Waals surface area contributed by atoms with Gasteiger partial charge in [-0.3, -0.25) is 4.79 Å². The van der Waals surface area contributed by atoms with E-state index in [0.717, 1.165) is 29.7 Å². The van der Waals surface area contributed by atoms with E-state index in [1.807, 2.05) is 32.0 Å². The minimum atomic E-state index is 0.0359. The topological polar surface area (TPSA) is 41.1 Å². The molecule has 17 heavy (non-hydrogen) atoms. The summed E-state index contributed by atoms with van der Waals surface area (Å²) in [5.41, 5.74) is 3.22. The fourth-order valence-corrected chi connectivity index (χ4v) is 1.92. The quantitative estimate of drug-likeness (QED) is 0.790. The third-order valence-corrected chi connectivity index (χ3v) is 3.11. The number of aryl methyl sites for hydroxylation is 2. The fraction of sp³-hybridized carbons (Fsp3) is 0.385. The molecule has 1 aliphatic carbocycles. The number of rotatable bonds is 2. The van der Waals surface area contributed by atoms with Gasteiger partial charge >= 0.3 is 0 Å². The Labute approximate surface area is 107 Å². The number of thiocarbonyl (C=S) groups is 1.